The Morgan fingerprint density at radius 3 is 2.92 bits per heavy atom. The molecule has 0 saturated heterocycles. The number of hydrogen-bond donors (Lipinski definition) is 0. The second kappa shape index (κ2) is 6.29. The van der Waals surface area contributed by atoms with E-state index in [-0.39, 0.29) is 12.5 Å². The number of ether oxygens (including phenoxy) is 1. The van der Waals surface area contributed by atoms with Gasteiger partial charge < -0.3 is 9.64 Å². The highest BCUT2D eigenvalue weighted by Gasteiger charge is 2.25. The van der Waals surface area contributed by atoms with Crippen LogP contribution in [0, 0.1) is 6.92 Å². The lowest BCUT2D eigenvalue weighted by Gasteiger charge is -2.28. The highest BCUT2D eigenvalue weighted by molar-refractivity contribution is 7.15. The van der Waals surface area contributed by atoms with Crippen LogP contribution in [-0.4, -0.2) is 29.0 Å². The zero-order valence-electron chi connectivity index (χ0n) is 14.0. The zero-order valence-corrected chi connectivity index (χ0v) is 14.8. The van der Waals surface area contributed by atoms with Crippen LogP contribution in [-0.2, 0) is 4.79 Å². The fourth-order valence-corrected chi connectivity index (χ4v) is 3.87. The van der Waals surface area contributed by atoms with Gasteiger partial charge in [-0.1, -0.05) is 6.07 Å². The Bertz CT molecular complexity index is 937. The summed E-state index contributed by atoms with van der Waals surface area (Å²) in [5.41, 5.74) is 3.57. The van der Waals surface area contributed by atoms with Gasteiger partial charge >= 0.3 is 0 Å². The van der Waals surface area contributed by atoms with Gasteiger partial charge in [0.1, 0.15) is 10.8 Å². The van der Waals surface area contributed by atoms with E-state index in [1.165, 1.54) is 0 Å². The molecule has 1 aliphatic heterocycles. The van der Waals surface area contributed by atoms with Crippen LogP contribution in [0.1, 0.15) is 11.8 Å². The van der Waals surface area contributed by atoms with E-state index in [2.05, 4.69) is 11.9 Å². The molecule has 6 heteroatoms. The number of pyridine rings is 1. The molecule has 0 atom stereocenters. The van der Waals surface area contributed by atoms with Crippen molar-refractivity contribution in [1.29, 1.82) is 0 Å². The smallest absolute Gasteiger partial charge is 0.265 e. The van der Waals surface area contributed by atoms with Crippen LogP contribution >= 0.6 is 11.3 Å². The van der Waals surface area contributed by atoms with Crippen molar-refractivity contribution in [3.05, 3.63) is 47.5 Å². The van der Waals surface area contributed by atoms with Crippen molar-refractivity contribution < 1.29 is 9.53 Å². The molecule has 0 unspecified atom stereocenters. The lowest BCUT2D eigenvalue weighted by atomic mass is 10.1. The van der Waals surface area contributed by atoms with Gasteiger partial charge in [-0.15, -0.1) is 11.3 Å². The maximum absolute atomic E-state index is 12.1. The number of likely N-dealkylation sites (N-methyl/N-ethyl adjacent to an activating group) is 1. The molecule has 0 spiro atoms. The normalized spacial score (nSPS) is 13.5. The molecule has 126 valence electrons. The average molecular weight is 351 g/mol. The number of thiazole rings is 1. The van der Waals surface area contributed by atoms with E-state index >= 15 is 0 Å². The highest BCUT2D eigenvalue weighted by atomic mass is 32.1. The number of benzene rings is 1. The lowest BCUT2D eigenvalue weighted by molar-refractivity contribution is -0.121. The van der Waals surface area contributed by atoms with Gasteiger partial charge in [-0.25, -0.2) is 4.98 Å². The molecule has 0 aliphatic carbocycles. The molecular weight excluding hydrogens is 334 g/mol. The van der Waals surface area contributed by atoms with Crippen molar-refractivity contribution in [3.8, 4) is 27.7 Å². The summed E-state index contributed by atoms with van der Waals surface area (Å²) in [6.07, 6.45) is 1.77. The molecule has 1 aliphatic rings. The van der Waals surface area contributed by atoms with E-state index in [9.17, 15) is 4.79 Å². The molecule has 1 amide bonds. The summed E-state index contributed by atoms with van der Waals surface area (Å²) in [7, 11) is 0. The van der Waals surface area contributed by atoms with Crippen LogP contribution in [0.2, 0.25) is 0 Å². The number of rotatable bonds is 3. The quantitative estimate of drug-likeness (QED) is 0.717. The van der Waals surface area contributed by atoms with Gasteiger partial charge in [0.2, 0.25) is 0 Å². The Morgan fingerprint density at radius 1 is 1.28 bits per heavy atom. The predicted molar refractivity (Wildman–Crippen MR) is 99.0 cm³/mol. The van der Waals surface area contributed by atoms with Crippen molar-refractivity contribution in [2.75, 3.05) is 18.1 Å². The summed E-state index contributed by atoms with van der Waals surface area (Å²) in [5.74, 6) is 0.722. The largest absolute Gasteiger partial charge is 0.482 e. The first-order chi connectivity index (χ1) is 12.2. The molecule has 2 aromatic heterocycles. The van der Waals surface area contributed by atoms with Gasteiger partial charge in [0.05, 0.1) is 17.1 Å². The van der Waals surface area contributed by atoms with Crippen LogP contribution in [0.5, 0.6) is 5.75 Å². The first-order valence-electron chi connectivity index (χ1n) is 8.14. The molecule has 0 N–H and O–H groups in total. The molecule has 0 fully saturated rings. The van der Waals surface area contributed by atoms with Crippen molar-refractivity contribution in [2.45, 2.75) is 13.8 Å². The van der Waals surface area contributed by atoms with Crippen LogP contribution in [0.15, 0.2) is 42.6 Å². The fraction of sp³-hybridized carbons (Fsp3) is 0.211. The lowest BCUT2D eigenvalue weighted by Crippen LogP contribution is -2.38. The first-order valence-corrected chi connectivity index (χ1v) is 8.95. The molecular formula is C19H17N3O2S. The Balaban J connectivity index is 1.77. The molecule has 3 aromatic rings. The number of nitrogens with zero attached hydrogens (tertiary/aromatic N) is 3. The van der Waals surface area contributed by atoms with Crippen molar-refractivity contribution in [2.24, 2.45) is 0 Å². The number of aromatic nitrogens is 2. The van der Waals surface area contributed by atoms with Crippen molar-refractivity contribution >= 4 is 22.9 Å². The summed E-state index contributed by atoms with van der Waals surface area (Å²) in [5, 5.41) is 0.894. The van der Waals surface area contributed by atoms with Crippen molar-refractivity contribution in [3.63, 3.8) is 0 Å². The van der Waals surface area contributed by atoms with E-state index in [4.69, 9.17) is 9.72 Å². The number of anilines is 1. The fourth-order valence-electron chi connectivity index (χ4n) is 2.96. The number of carbonyl (C=O) groups excluding carboxylic acids is 1. The summed E-state index contributed by atoms with van der Waals surface area (Å²) in [6, 6.07) is 11.7. The number of amides is 1. The average Bonchev–Trinajstić information content (AvgIpc) is 3.04. The zero-order chi connectivity index (χ0) is 17.4. The van der Waals surface area contributed by atoms with Gasteiger partial charge in [0.15, 0.2) is 6.61 Å². The summed E-state index contributed by atoms with van der Waals surface area (Å²) in [4.78, 5) is 24.1. The van der Waals surface area contributed by atoms with Gasteiger partial charge in [0, 0.05) is 23.2 Å². The maximum Gasteiger partial charge on any atom is 0.265 e. The maximum atomic E-state index is 12.1. The van der Waals surface area contributed by atoms with Crippen LogP contribution < -0.4 is 9.64 Å². The van der Waals surface area contributed by atoms with E-state index in [1.54, 1.807) is 22.4 Å². The van der Waals surface area contributed by atoms with E-state index in [0.29, 0.717) is 6.54 Å². The predicted octanol–water partition coefficient (Wildman–Crippen LogP) is 3.93. The number of fused-ring (bicyclic) bond motifs is 1. The second-order valence-electron chi connectivity index (χ2n) is 5.75. The summed E-state index contributed by atoms with van der Waals surface area (Å²) >= 11 is 1.62. The molecule has 0 saturated carbocycles. The summed E-state index contributed by atoms with van der Waals surface area (Å²) in [6.45, 7) is 4.73. The van der Waals surface area contributed by atoms with E-state index in [1.807, 2.05) is 43.3 Å². The van der Waals surface area contributed by atoms with Gasteiger partial charge in [-0.2, -0.15) is 0 Å². The molecule has 0 radical (unpaired) electrons. The molecule has 25 heavy (non-hydrogen) atoms. The summed E-state index contributed by atoms with van der Waals surface area (Å²) < 4.78 is 5.54. The first kappa shape index (κ1) is 15.8. The Hall–Kier alpha value is -2.73. The minimum absolute atomic E-state index is 0.0173. The molecule has 5 nitrogen and oxygen atoms in total. The van der Waals surface area contributed by atoms with E-state index in [0.717, 1.165) is 38.3 Å². The molecule has 3 heterocycles. The third-order valence-corrected chi connectivity index (χ3v) is 5.17. The SMILES string of the molecule is CCN1C(=O)COc2ccc(-c3nc(-c4ccccn4)sc3C)cc21. The molecule has 4 rings (SSSR count). The number of aryl methyl sites for hydroxylation is 1. The minimum Gasteiger partial charge on any atom is -0.482 e. The number of carbonyl (C=O) groups is 1. The standard InChI is InChI=1S/C19H17N3O2S/c1-3-22-15-10-13(7-8-16(15)24-11-17(22)23)18-12(2)25-19(21-18)14-6-4-5-9-20-14/h4-10H,3,11H2,1-2H3. The topological polar surface area (TPSA) is 55.3 Å². The van der Waals surface area contributed by atoms with Crippen molar-refractivity contribution in [1.82, 2.24) is 9.97 Å². The molecule has 1 aromatic carbocycles. The second-order valence-corrected chi connectivity index (χ2v) is 6.95. The van der Waals surface area contributed by atoms with Crippen LogP contribution in [0.3, 0.4) is 0 Å². The Kier molecular flexibility index (Phi) is 3.97. The number of hydrogen-bond acceptors (Lipinski definition) is 5. The van der Waals surface area contributed by atoms with Crippen LogP contribution in [0.4, 0.5) is 5.69 Å². The van der Waals surface area contributed by atoms with Gasteiger partial charge in [-0.05, 0) is 44.2 Å². The van der Waals surface area contributed by atoms with Gasteiger partial charge in [0.25, 0.3) is 5.91 Å². The third kappa shape index (κ3) is 2.78. The van der Waals surface area contributed by atoms with E-state index < -0.39 is 0 Å². The van der Waals surface area contributed by atoms with Crippen LogP contribution in [0.25, 0.3) is 22.0 Å². The Morgan fingerprint density at radius 2 is 2.16 bits per heavy atom. The minimum atomic E-state index is -0.0173. The van der Waals surface area contributed by atoms with Gasteiger partial charge in [-0.3, -0.25) is 9.78 Å². The molecule has 0 bridgehead atoms. The third-order valence-electron chi connectivity index (χ3n) is 4.17. The highest BCUT2D eigenvalue weighted by Crippen LogP contribution is 2.38. The Labute approximate surface area is 149 Å². The monoisotopic (exact) mass is 351 g/mol.